The lowest BCUT2D eigenvalue weighted by atomic mass is 10.2. The summed E-state index contributed by atoms with van der Waals surface area (Å²) in [6.07, 6.45) is 6.26. The van der Waals surface area contributed by atoms with Crippen molar-refractivity contribution in [2.24, 2.45) is 5.73 Å². The minimum absolute atomic E-state index is 0.138. The van der Waals surface area contributed by atoms with Gasteiger partial charge >= 0.3 is 0 Å². The molecule has 0 aromatic heterocycles. The van der Waals surface area contributed by atoms with E-state index in [1.807, 2.05) is 0 Å². The lowest BCUT2D eigenvalue weighted by Crippen LogP contribution is -2.50. The first-order chi connectivity index (χ1) is 6.74. The predicted octanol–water partition coefficient (Wildman–Crippen LogP) is 1.79. The summed E-state index contributed by atoms with van der Waals surface area (Å²) in [6, 6.07) is 0. The second-order valence-corrected chi connectivity index (χ2v) is 3.83. The Morgan fingerprint density at radius 1 is 1.14 bits per heavy atom. The first-order valence-corrected chi connectivity index (χ1v) is 5.99. The zero-order chi connectivity index (χ0) is 10.8. The average molecular weight is 201 g/mol. The topological polar surface area (TPSA) is 50.1 Å². The standard InChI is InChI=1S/C11H27N3/c1-4-7-9-13-11(6-3)14-10(12)8-5-2/h10-11,13-14H,4-9,12H2,1-3H3. The van der Waals surface area contributed by atoms with Crippen LogP contribution in [0, 0.1) is 0 Å². The largest absolute Gasteiger partial charge is 0.316 e. The maximum absolute atomic E-state index is 5.91. The molecule has 0 saturated heterocycles. The maximum atomic E-state index is 5.91. The van der Waals surface area contributed by atoms with E-state index in [4.69, 9.17) is 5.73 Å². The molecular formula is C11H27N3. The fraction of sp³-hybridized carbons (Fsp3) is 1.00. The lowest BCUT2D eigenvalue weighted by molar-refractivity contribution is 0.350. The first kappa shape index (κ1) is 13.9. The lowest BCUT2D eigenvalue weighted by Gasteiger charge is -2.23. The van der Waals surface area contributed by atoms with Crippen molar-refractivity contribution in [3.05, 3.63) is 0 Å². The van der Waals surface area contributed by atoms with E-state index in [0.29, 0.717) is 6.17 Å². The molecule has 86 valence electrons. The number of nitrogens with two attached hydrogens (primary N) is 1. The van der Waals surface area contributed by atoms with E-state index in [2.05, 4.69) is 31.4 Å². The number of hydrogen-bond donors (Lipinski definition) is 3. The van der Waals surface area contributed by atoms with E-state index in [0.717, 1.165) is 25.8 Å². The molecule has 0 aromatic carbocycles. The summed E-state index contributed by atoms with van der Waals surface area (Å²) >= 11 is 0. The normalized spacial score (nSPS) is 15.4. The zero-order valence-electron chi connectivity index (χ0n) is 9.97. The molecule has 0 aliphatic carbocycles. The van der Waals surface area contributed by atoms with E-state index in [1.165, 1.54) is 12.8 Å². The molecule has 0 saturated carbocycles. The highest BCUT2D eigenvalue weighted by atomic mass is 15.2. The van der Waals surface area contributed by atoms with E-state index < -0.39 is 0 Å². The Kier molecular flexibility index (Phi) is 9.35. The van der Waals surface area contributed by atoms with Crippen LogP contribution in [0.1, 0.15) is 52.9 Å². The summed E-state index contributed by atoms with van der Waals surface area (Å²) < 4.78 is 0. The van der Waals surface area contributed by atoms with Crippen LogP contribution in [-0.2, 0) is 0 Å². The van der Waals surface area contributed by atoms with E-state index in [9.17, 15) is 0 Å². The smallest absolute Gasteiger partial charge is 0.0580 e. The molecule has 3 nitrogen and oxygen atoms in total. The summed E-state index contributed by atoms with van der Waals surface area (Å²) in [4.78, 5) is 0. The van der Waals surface area contributed by atoms with Gasteiger partial charge < -0.3 is 11.1 Å². The molecule has 0 aliphatic rings. The summed E-state index contributed by atoms with van der Waals surface area (Å²) in [5.41, 5.74) is 5.91. The summed E-state index contributed by atoms with van der Waals surface area (Å²) in [7, 11) is 0. The Hall–Kier alpha value is -0.120. The molecule has 2 unspecified atom stereocenters. The summed E-state index contributed by atoms with van der Waals surface area (Å²) in [5, 5.41) is 6.86. The third-order valence-electron chi connectivity index (χ3n) is 2.34. The van der Waals surface area contributed by atoms with Crippen LogP contribution >= 0.6 is 0 Å². The second kappa shape index (κ2) is 9.44. The SMILES string of the molecule is CCCCNC(CC)NC(N)CCC. The van der Waals surface area contributed by atoms with E-state index in [-0.39, 0.29) is 6.17 Å². The van der Waals surface area contributed by atoms with Gasteiger partial charge in [-0.2, -0.15) is 0 Å². The van der Waals surface area contributed by atoms with Crippen LogP contribution in [0.2, 0.25) is 0 Å². The maximum Gasteiger partial charge on any atom is 0.0580 e. The van der Waals surface area contributed by atoms with Gasteiger partial charge in [0.2, 0.25) is 0 Å². The Balaban J connectivity index is 3.55. The third kappa shape index (κ3) is 7.30. The third-order valence-corrected chi connectivity index (χ3v) is 2.34. The Morgan fingerprint density at radius 2 is 1.86 bits per heavy atom. The molecule has 0 radical (unpaired) electrons. The molecule has 2 atom stereocenters. The van der Waals surface area contributed by atoms with Gasteiger partial charge in [-0.3, -0.25) is 5.32 Å². The first-order valence-electron chi connectivity index (χ1n) is 5.99. The molecule has 0 spiro atoms. The molecular weight excluding hydrogens is 174 g/mol. The monoisotopic (exact) mass is 201 g/mol. The molecule has 0 aliphatic heterocycles. The van der Waals surface area contributed by atoms with Gasteiger partial charge in [-0.15, -0.1) is 0 Å². The van der Waals surface area contributed by atoms with Crippen LogP contribution in [0.4, 0.5) is 0 Å². The fourth-order valence-electron chi connectivity index (χ4n) is 1.43. The van der Waals surface area contributed by atoms with Crippen LogP contribution < -0.4 is 16.4 Å². The molecule has 0 fully saturated rings. The number of rotatable bonds is 9. The van der Waals surface area contributed by atoms with Crippen LogP contribution in [0.15, 0.2) is 0 Å². The van der Waals surface area contributed by atoms with Gasteiger partial charge in [0.1, 0.15) is 0 Å². The van der Waals surface area contributed by atoms with Crippen molar-refractivity contribution in [3.63, 3.8) is 0 Å². The van der Waals surface area contributed by atoms with Crippen molar-refractivity contribution in [1.82, 2.24) is 10.6 Å². The number of hydrogen-bond acceptors (Lipinski definition) is 3. The van der Waals surface area contributed by atoms with Crippen molar-refractivity contribution in [2.75, 3.05) is 6.54 Å². The molecule has 0 bridgehead atoms. The Morgan fingerprint density at radius 3 is 2.36 bits per heavy atom. The van der Waals surface area contributed by atoms with Gasteiger partial charge in [0.05, 0.1) is 12.3 Å². The average Bonchev–Trinajstić information content (AvgIpc) is 2.17. The molecule has 3 heteroatoms. The molecule has 0 rings (SSSR count). The highest BCUT2D eigenvalue weighted by Gasteiger charge is 2.07. The molecule has 4 N–H and O–H groups in total. The van der Waals surface area contributed by atoms with Crippen molar-refractivity contribution >= 4 is 0 Å². The van der Waals surface area contributed by atoms with Gasteiger partial charge in [-0.1, -0.05) is 33.6 Å². The van der Waals surface area contributed by atoms with Crippen molar-refractivity contribution in [3.8, 4) is 0 Å². The van der Waals surface area contributed by atoms with Crippen LogP contribution in [-0.4, -0.2) is 18.9 Å². The predicted molar refractivity (Wildman–Crippen MR) is 63.0 cm³/mol. The molecule has 0 heterocycles. The van der Waals surface area contributed by atoms with Crippen molar-refractivity contribution in [1.29, 1.82) is 0 Å². The minimum atomic E-state index is 0.138. The Bertz CT molecular complexity index is 117. The van der Waals surface area contributed by atoms with Gasteiger partial charge in [0.25, 0.3) is 0 Å². The van der Waals surface area contributed by atoms with Gasteiger partial charge in [0, 0.05) is 0 Å². The van der Waals surface area contributed by atoms with Crippen molar-refractivity contribution in [2.45, 2.75) is 65.2 Å². The van der Waals surface area contributed by atoms with E-state index >= 15 is 0 Å². The van der Waals surface area contributed by atoms with E-state index in [1.54, 1.807) is 0 Å². The number of unbranched alkanes of at least 4 members (excludes halogenated alkanes) is 1. The molecule has 0 aromatic rings. The molecule has 0 amide bonds. The number of nitrogens with one attached hydrogen (secondary N) is 2. The highest BCUT2D eigenvalue weighted by Crippen LogP contribution is 1.94. The zero-order valence-corrected chi connectivity index (χ0v) is 9.97. The van der Waals surface area contributed by atoms with Gasteiger partial charge in [0.15, 0.2) is 0 Å². The Labute approximate surface area is 88.8 Å². The second-order valence-electron chi connectivity index (χ2n) is 3.83. The van der Waals surface area contributed by atoms with Gasteiger partial charge in [-0.25, -0.2) is 0 Å². The summed E-state index contributed by atoms with van der Waals surface area (Å²) in [5.74, 6) is 0. The quantitative estimate of drug-likeness (QED) is 0.394. The van der Waals surface area contributed by atoms with Crippen LogP contribution in [0.3, 0.4) is 0 Å². The highest BCUT2D eigenvalue weighted by molar-refractivity contribution is 4.67. The van der Waals surface area contributed by atoms with Crippen LogP contribution in [0.25, 0.3) is 0 Å². The molecule has 14 heavy (non-hydrogen) atoms. The van der Waals surface area contributed by atoms with Crippen molar-refractivity contribution < 1.29 is 0 Å². The van der Waals surface area contributed by atoms with Crippen LogP contribution in [0.5, 0.6) is 0 Å². The minimum Gasteiger partial charge on any atom is -0.316 e. The summed E-state index contributed by atoms with van der Waals surface area (Å²) in [6.45, 7) is 7.63. The van der Waals surface area contributed by atoms with Gasteiger partial charge in [-0.05, 0) is 25.8 Å². The fourth-order valence-corrected chi connectivity index (χ4v) is 1.43.